The molecule has 0 atom stereocenters. The topological polar surface area (TPSA) is 55.6 Å². The summed E-state index contributed by atoms with van der Waals surface area (Å²) in [4.78, 5) is 13.8. The number of imidazole rings is 1. The highest BCUT2D eigenvalue weighted by Crippen LogP contribution is 2.24. The summed E-state index contributed by atoms with van der Waals surface area (Å²) in [6.45, 7) is -2.84. The number of hydrogen-bond donors (Lipinski definition) is 1. The van der Waals surface area contributed by atoms with Gasteiger partial charge in [-0.1, -0.05) is 0 Å². The standard InChI is InChI=1S/C11H7F3N4O/c12-9-6-5-18(10(13)14)16-7(6)1-2-8(9)17-4-3-15-11(17)19/h1-5,10H,(H,15,19). The van der Waals surface area contributed by atoms with E-state index in [9.17, 15) is 18.0 Å². The quantitative estimate of drug-likeness (QED) is 0.773. The fourth-order valence-corrected chi connectivity index (χ4v) is 1.86. The van der Waals surface area contributed by atoms with Crippen LogP contribution in [0.25, 0.3) is 16.6 Å². The predicted molar refractivity (Wildman–Crippen MR) is 60.9 cm³/mol. The summed E-state index contributed by atoms with van der Waals surface area (Å²) in [5, 5.41) is 3.49. The Balaban J connectivity index is 2.26. The molecular formula is C11H7F3N4O. The molecule has 3 rings (SSSR count). The van der Waals surface area contributed by atoms with E-state index in [2.05, 4.69) is 10.1 Å². The van der Waals surface area contributed by atoms with Crippen LogP contribution in [0, 0.1) is 5.82 Å². The zero-order valence-electron chi connectivity index (χ0n) is 9.35. The molecule has 0 fully saturated rings. The van der Waals surface area contributed by atoms with E-state index in [1.54, 1.807) is 0 Å². The average Bonchev–Trinajstić information content (AvgIpc) is 2.96. The Morgan fingerprint density at radius 1 is 1.32 bits per heavy atom. The summed E-state index contributed by atoms with van der Waals surface area (Å²) < 4.78 is 40.6. The van der Waals surface area contributed by atoms with E-state index >= 15 is 0 Å². The molecule has 3 aromatic rings. The third kappa shape index (κ3) is 1.72. The lowest BCUT2D eigenvalue weighted by Crippen LogP contribution is -2.15. The molecule has 8 heteroatoms. The molecule has 0 aliphatic rings. The van der Waals surface area contributed by atoms with Gasteiger partial charge in [0, 0.05) is 18.6 Å². The van der Waals surface area contributed by atoms with E-state index in [1.807, 2.05) is 0 Å². The minimum absolute atomic E-state index is 0.0208. The summed E-state index contributed by atoms with van der Waals surface area (Å²) in [6.07, 6.45) is 3.62. The fraction of sp³-hybridized carbons (Fsp3) is 0.0909. The van der Waals surface area contributed by atoms with Crippen LogP contribution in [0.2, 0.25) is 0 Å². The molecule has 1 aromatic carbocycles. The van der Waals surface area contributed by atoms with Crippen molar-refractivity contribution in [3.05, 3.63) is 47.0 Å². The molecule has 0 radical (unpaired) electrons. The highest BCUT2D eigenvalue weighted by molar-refractivity contribution is 5.81. The third-order valence-electron chi connectivity index (χ3n) is 2.73. The number of alkyl halides is 2. The van der Waals surface area contributed by atoms with Crippen LogP contribution in [-0.4, -0.2) is 19.3 Å². The Bertz CT molecular complexity index is 802. The largest absolute Gasteiger partial charge is 0.333 e. The van der Waals surface area contributed by atoms with Gasteiger partial charge in [-0.2, -0.15) is 13.9 Å². The van der Waals surface area contributed by atoms with Gasteiger partial charge < -0.3 is 4.98 Å². The molecule has 0 aliphatic carbocycles. The van der Waals surface area contributed by atoms with E-state index in [0.717, 1.165) is 10.8 Å². The van der Waals surface area contributed by atoms with Gasteiger partial charge in [0.15, 0.2) is 5.82 Å². The van der Waals surface area contributed by atoms with E-state index in [0.29, 0.717) is 4.68 Å². The van der Waals surface area contributed by atoms with Crippen molar-refractivity contribution >= 4 is 10.9 Å². The number of benzene rings is 1. The Hall–Kier alpha value is -2.51. The Kier molecular flexibility index (Phi) is 2.44. The average molecular weight is 268 g/mol. The Morgan fingerprint density at radius 2 is 2.11 bits per heavy atom. The van der Waals surface area contributed by atoms with Crippen molar-refractivity contribution in [2.24, 2.45) is 0 Å². The number of rotatable bonds is 2. The van der Waals surface area contributed by atoms with Crippen molar-refractivity contribution in [3.8, 4) is 5.69 Å². The van der Waals surface area contributed by atoms with Crippen LogP contribution >= 0.6 is 0 Å². The third-order valence-corrected chi connectivity index (χ3v) is 2.73. The maximum Gasteiger partial charge on any atom is 0.333 e. The molecule has 2 heterocycles. The molecule has 0 amide bonds. The first-order valence-corrected chi connectivity index (χ1v) is 5.30. The van der Waals surface area contributed by atoms with Crippen LogP contribution in [0.1, 0.15) is 6.55 Å². The number of aromatic amines is 1. The number of fused-ring (bicyclic) bond motifs is 1. The minimum atomic E-state index is -2.84. The number of H-pyrrole nitrogens is 1. The normalized spacial score (nSPS) is 11.6. The van der Waals surface area contributed by atoms with Gasteiger partial charge in [0.1, 0.15) is 0 Å². The fourth-order valence-electron chi connectivity index (χ4n) is 1.86. The molecule has 2 aromatic heterocycles. The first-order valence-electron chi connectivity index (χ1n) is 5.30. The van der Waals surface area contributed by atoms with Crippen molar-refractivity contribution in [1.82, 2.24) is 19.3 Å². The van der Waals surface area contributed by atoms with Crippen LogP contribution < -0.4 is 5.69 Å². The van der Waals surface area contributed by atoms with Gasteiger partial charge in [-0.05, 0) is 12.1 Å². The van der Waals surface area contributed by atoms with Crippen molar-refractivity contribution in [2.75, 3.05) is 0 Å². The SMILES string of the molecule is O=c1[nH]ccn1-c1ccc2nn(C(F)F)cc2c1F. The van der Waals surface area contributed by atoms with Crippen molar-refractivity contribution in [2.45, 2.75) is 6.55 Å². The maximum absolute atomic E-state index is 14.2. The molecule has 0 saturated carbocycles. The summed E-state index contributed by atoms with van der Waals surface area (Å²) in [6, 6.07) is 2.70. The number of halogens is 3. The summed E-state index contributed by atoms with van der Waals surface area (Å²) in [5.74, 6) is -0.772. The number of hydrogen-bond acceptors (Lipinski definition) is 2. The molecule has 0 saturated heterocycles. The van der Waals surface area contributed by atoms with Crippen molar-refractivity contribution in [3.63, 3.8) is 0 Å². The summed E-state index contributed by atoms with van der Waals surface area (Å²) in [5.41, 5.74) is -0.433. The molecule has 19 heavy (non-hydrogen) atoms. The van der Waals surface area contributed by atoms with E-state index < -0.39 is 18.1 Å². The zero-order valence-corrected chi connectivity index (χ0v) is 9.35. The monoisotopic (exact) mass is 268 g/mol. The van der Waals surface area contributed by atoms with E-state index in [-0.39, 0.29) is 16.6 Å². The second kappa shape index (κ2) is 4.01. The molecule has 5 nitrogen and oxygen atoms in total. The maximum atomic E-state index is 14.2. The highest BCUT2D eigenvalue weighted by Gasteiger charge is 2.16. The van der Waals surface area contributed by atoms with Crippen LogP contribution in [-0.2, 0) is 0 Å². The molecular weight excluding hydrogens is 261 g/mol. The van der Waals surface area contributed by atoms with Crippen LogP contribution in [0.4, 0.5) is 13.2 Å². The van der Waals surface area contributed by atoms with Gasteiger partial charge in [0.2, 0.25) is 0 Å². The summed E-state index contributed by atoms with van der Waals surface area (Å²) in [7, 11) is 0. The molecule has 98 valence electrons. The van der Waals surface area contributed by atoms with E-state index in [1.165, 1.54) is 24.5 Å². The van der Waals surface area contributed by atoms with Crippen molar-refractivity contribution < 1.29 is 13.2 Å². The predicted octanol–water partition coefficient (Wildman–Crippen LogP) is 2.05. The molecule has 1 N–H and O–H groups in total. The molecule has 0 spiro atoms. The van der Waals surface area contributed by atoms with Gasteiger partial charge in [-0.3, -0.25) is 4.57 Å². The van der Waals surface area contributed by atoms with Crippen molar-refractivity contribution in [1.29, 1.82) is 0 Å². The number of aromatic nitrogens is 4. The molecule has 0 bridgehead atoms. The molecule has 0 aliphatic heterocycles. The van der Waals surface area contributed by atoms with Crippen LogP contribution in [0.5, 0.6) is 0 Å². The second-order valence-electron chi connectivity index (χ2n) is 3.85. The lowest BCUT2D eigenvalue weighted by molar-refractivity contribution is 0.0573. The van der Waals surface area contributed by atoms with Gasteiger partial charge in [-0.15, -0.1) is 0 Å². The zero-order chi connectivity index (χ0) is 13.6. The second-order valence-corrected chi connectivity index (χ2v) is 3.85. The lowest BCUT2D eigenvalue weighted by atomic mass is 10.2. The minimum Gasteiger partial charge on any atom is -0.312 e. The smallest absolute Gasteiger partial charge is 0.312 e. The summed E-state index contributed by atoms with van der Waals surface area (Å²) >= 11 is 0. The Labute approximate surface area is 103 Å². The number of nitrogens with zero attached hydrogens (tertiary/aromatic N) is 3. The van der Waals surface area contributed by atoms with Gasteiger partial charge in [0.25, 0.3) is 0 Å². The highest BCUT2D eigenvalue weighted by atomic mass is 19.3. The first kappa shape index (κ1) is 11.6. The van der Waals surface area contributed by atoms with Gasteiger partial charge in [0.05, 0.1) is 16.6 Å². The van der Waals surface area contributed by atoms with Crippen LogP contribution in [0.15, 0.2) is 35.5 Å². The first-order chi connectivity index (χ1) is 9.08. The lowest BCUT2D eigenvalue weighted by Gasteiger charge is -2.02. The van der Waals surface area contributed by atoms with E-state index in [4.69, 9.17) is 0 Å². The van der Waals surface area contributed by atoms with Gasteiger partial charge in [-0.25, -0.2) is 13.9 Å². The van der Waals surface area contributed by atoms with Crippen LogP contribution in [0.3, 0.4) is 0 Å². The molecule has 0 unspecified atom stereocenters. The van der Waals surface area contributed by atoms with Gasteiger partial charge >= 0.3 is 12.2 Å². The number of nitrogens with one attached hydrogen (secondary N) is 1. The Morgan fingerprint density at radius 3 is 2.74 bits per heavy atom.